The predicted octanol–water partition coefficient (Wildman–Crippen LogP) is 3.54. The van der Waals surface area contributed by atoms with Gasteiger partial charge in [-0.3, -0.25) is 4.79 Å². The van der Waals surface area contributed by atoms with Gasteiger partial charge in [-0.2, -0.15) is 5.10 Å². The summed E-state index contributed by atoms with van der Waals surface area (Å²) in [6.45, 7) is 0.0995. The van der Waals surface area contributed by atoms with Gasteiger partial charge < -0.3 is 14.8 Å². The molecule has 0 aliphatic heterocycles. The van der Waals surface area contributed by atoms with Gasteiger partial charge in [0.1, 0.15) is 4.88 Å². The lowest BCUT2D eigenvalue weighted by molar-refractivity contribution is -0.119. The Bertz CT molecular complexity index is 988. The van der Waals surface area contributed by atoms with Gasteiger partial charge in [-0.15, -0.1) is 11.3 Å². The average molecular weight is 409 g/mol. The molecule has 148 valence electrons. The number of esters is 1. The number of thiophene rings is 1. The number of benzene rings is 2. The Balaban J connectivity index is 1.55. The lowest BCUT2D eigenvalue weighted by Gasteiger charge is -2.09. The van der Waals surface area contributed by atoms with Crippen LogP contribution in [0.5, 0.6) is 11.5 Å². The third kappa shape index (κ3) is 5.91. The first kappa shape index (κ1) is 20.1. The van der Waals surface area contributed by atoms with Gasteiger partial charge in [0.2, 0.25) is 0 Å². The van der Waals surface area contributed by atoms with Gasteiger partial charge in [-0.25, -0.2) is 10.2 Å². The summed E-state index contributed by atoms with van der Waals surface area (Å²) < 4.78 is 10.7. The van der Waals surface area contributed by atoms with Gasteiger partial charge in [-0.05, 0) is 47.3 Å². The highest BCUT2D eigenvalue weighted by atomic mass is 32.1. The monoisotopic (exact) mass is 409 g/mol. The van der Waals surface area contributed by atoms with E-state index in [1.165, 1.54) is 24.7 Å². The van der Waals surface area contributed by atoms with Gasteiger partial charge in [0.25, 0.3) is 5.91 Å². The van der Waals surface area contributed by atoms with Crippen LogP contribution in [0.4, 0.5) is 5.69 Å². The van der Waals surface area contributed by atoms with Crippen molar-refractivity contribution in [1.82, 2.24) is 5.43 Å². The number of nitrogens with zero attached hydrogens (tertiary/aromatic N) is 1. The van der Waals surface area contributed by atoms with Crippen molar-refractivity contribution in [2.75, 3.05) is 19.0 Å². The minimum Gasteiger partial charge on any atom is -0.493 e. The largest absolute Gasteiger partial charge is 0.493 e. The quantitative estimate of drug-likeness (QED) is 0.257. The van der Waals surface area contributed by atoms with Crippen LogP contribution >= 0.6 is 11.3 Å². The number of hydrogen-bond acceptors (Lipinski definition) is 7. The molecule has 8 heteroatoms. The van der Waals surface area contributed by atoms with Crippen LogP contribution in [0.1, 0.15) is 15.2 Å². The minimum atomic E-state index is -0.446. The Morgan fingerprint density at radius 1 is 1.07 bits per heavy atom. The molecule has 0 aliphatic rings. The molecule has 0 fully saturated rings. The van der Waals surface area contributed by atoms with Gasteiger partial charge in [-0.1, -0.05) is 24.3 Å². The van der Waals surface area contributed by atoms with E-state index in [1.807, 2.05) is 30.3 Å². The summed E-state index contributed by atoms with van der Waals surface area (Å²) in [5.74, 6) is -0.0356. The smallest absolute Gasteiger partial charge is 0.353 e. The molecule has 3 rings (SSSR count). The highest BCUT2D eigenvalue weighted by molar-refractivity contribution is 7.12. The van der Waals surface area contributed by atoms with E-state index >= 15 is 0 Å². The maximum atomic E-state index is 12.1. The Kier molecular flexibility index (Phi) is 6.96. The summed E-state index contributed by atoms with van der Waals surface area (Å²) >= 11 is 1.30. The van der Waals surface area contributed by atoms with Crippen molar-refractivity contribution in [3.63, 3.8) is 0 Å². The molecule has 0 saturated carbocycles. The first-order chi connectivity index (χ1) is 14.2. The highest BCUT2D eigenvalue weighted by Gasteiger charge is 2.13. The van der Waals surface area contributed by atoms with E-state index in [9.17, 15) is 9.59 Å². The molecule has 0 atom stereocenters. The van der Waals surface area contributed by atoms with E-state index in [4.69, 9.17) is 9.47 Å². The molecule has 3 aromatic rings. The lowest BCUT2D eigenvalue weighted by Crippen LogP contribution is -2.25. The molecule has 0 unspecified atom stereocenters. The summed E-state index contributed by atoms with van der Waals surface area (Å²) in [6.07, 6.45) is 1.48. The van der Waals surface area contributed by atoms with Crippen molar-refractivity contribution in [3.8, 4) is 11.5 Å². The van der Waals surface area contributed by atoms with Crippen LogP contribution in [0.25, 0.3) is 0 Å². The van der Waals surface area contributed by atoms with Crippen LogP contribution in [-0.2, 0) is 4.79 Å². The Morgan fingerprint density at radius 3 is 2.62 bits per heavy atom. The Labute approximate surface area is 172 Å². The van der Waals surface area contributed by atoms with Crippen LogP contribution in [0.2, 0.25) is 0 Å². The standard InChI is InChI=1S/C21H19N3O4S/c1-27-18-12-15(9-10-17(18)28-21(26)19-8-5-11-29-19)13-23-24-20(25)14-22-16-6-3-2-4-7-16/h2-13,22H,14H2,1H3,(H,24,25)/b23-13-. The number of carbonyl (C=O) groups excluding carboxylic acids is 2. The second-order valence-corrected chi connectivity index (χ2v) is 6.74. The molecule has 0 spiro atoms. The summed E-state index contributed by atoms with van der Waals surface area (Å²) in [4.78, 5) is 24.4. The first-order valence-corrected chi connectivity index (χ1v) is 9.58. The Hall–Kier alpha value is -3.65. The number of hydrogen-bond donors (Lipinski definition) is 2. The van der Waals surface area contributed by atoms with Crippen molar-refractivity contribution in [3.05, 3.63) is 76.5 Å². The fourth-order valence-corrected chi connectivity index (χ4v) is 2.95. The number of hydrazone groups is 1. The molecule has 2 N–H and O–H groups in total. The summed E-state index contributed by atoms with van der Waals surface area (Å²) in [5, 5.41) is 8.73. The first-order valence-electron chi connectivity index (χ1n) is 8.70. The highest BCUT2D eigenvalue weighted by Crippen LogP contribution is 2.28. The number of carbonyl (C=O) groups is 2. The topological polar surface area (TPSA) is 89.0 Å². The third-order valence-electron chi connectivity index (χ3n) is 3.74. The van der Waals surface area contributed by atoms with Crippen LogP contribution in [0.15, 0.2) is 71.1 Å². The molecule has 0 bridgehead atoms. The average Bonchev–Trinajstić information content (AvgIpc) is 3.29. The van der Waals surface area contributed by atoms with Crippen LogP contribution in [0, 0.1) is 0 Å². The van der Waals surface area contributed by atoms with Crippen LogP contribution in [-0.4, -0.2) is 31.7 Å². The van der Waals surface area contributed by atoms with E-state index in [0.29, 0.717) is 21.9 Å². The molecule has 0 aliphatic carbocycles. The second-order valence-electron chi connectivity index (χ2n) is 5.79. The Morgan fingerprint density at radius 2 is 1.90 bits per heavy atom. The molecular formula is C21H19N3O4S. The second kappa shape index (κ2) is 10.0. The maximum absolute atomic E-state index is 12.1. The van der Waals surface area contributed by atoms with Crippen molar-refractivity contribution >= 4 is 35.1 Å². The maximum Gasteiger partial charge on any atom is 0.353 e. The van der Waals surface area contributed by atoms with Gasteiger partial charge in [0.15, 0.2) is 11.5 Å². The molecular weight excluding hydrogens is 390 g/mol. The fraction of sp³-hybridized carbons (Fsp3) is 0.0952. The number of nitrogens with one attached hydrogen (secondary N) is 2. The van der Waals surface area contributed by atoms with Crippen molar-refractivity contribution in [2.24, 2.45) is 5.10 Å². The van der Waals surface area contributed by atoms with Gasteiger partial charge in [0, 0.05) is 5.69 Å². The zero-order valence-corrected chi connectivity index (χ0v) is 16.4. The summed E-state index contributed by atoms with van der Waals surface area (Å²) in [5.41, 5.74) is 3.97. The number of rotatable bonds is 8. The molecule has 29 heavy (non-hydrogen) atoms. The predicted molar refractivity (Wildman–Crippen MR) is 113 cm³/mol. The minimum absolute atomic E-state index is 0.0995. The van der Waals surface area contributed by atoms with E-state index in [1.54, 1.807) is 35.7 Å². The van der Waals surface area contributed by atoms with Crippen molar-refractivity contribution in [1.29, 1.82) is 0 Å². The molecule has 2 aromatic carbocycles. The summed E-state index contributed by atoms with van der Waals surface area (Å²) in [6, 6.07) is 17.9. The van der Waals surface area contributed by atoms with Crippen LogP contribution in [0.3, 0.4) is 0 Å². The van der Waals surface area contributed by atoms with Gasteiger partial charge >= 0.3 is 5.97 Å². The van der Waals surface area contributed by atoms with E-state index < -0.39 is 5.97 Å². The number of amides is 1. The van der Waals surface area contributed by atoms with Crippen molar-refractivity contribution < 1.29 is 19.1 Å². The number of methoxy groups -OCH3 is 1. The molecule has 7 nitrogen and oxygen atoms in total. The zero-order valence-electron chi connectivity index (χ0n) is 15.6. The number of anilines is 1. The van der Waals surface area contributed by atoms with Crippen LogP contribution < -0.4 is 20.2 Å². The molecule has 0 saturated heterocycles. The fourth-order valence-electron chi connectivity index (χ4n) is 2.35. The normalized spacial score (nSPS) is 10.5. The van der Waals surface area contributed by atoms with Crippen molar-refractivity contribution in [2.45, 2.75) is 0 Å². The molecule has 1 aromatic heterocycles. The van der Waals surface area contributed by atoms with E-state index in [-0.39, 0.29) is 12.5 Å². The number of ether oxygens (including phenoxy) is 2. The molecule has 0 radical (unpaired) electrons. The van der Waals surface area contributed by atoms with Gasteiger partial charge in [0.05, 0.1) is 19.9 Å². The third-order valence-corrected chi connectivity index (χ3v) is 4.59. The molecule has 1 amide bonds. The molecule has 1 heterocycles. The van der Waals surface area contributed by atoms with E-state index in [0.717, 1.165) is 5.69 Å². The lowest BCUT2D eigenvalue weighted by atomic mass is 10.2. The number of para-hydroxylation sites is 1. The zero-order chi connectivity index (χ0) is 20.5. The van der Waals surface area contributed by atoms with E-state index in [2.05, 4.69) is 15.8 Å². The SMILES string of the molecule is COc1cc(/C=N\NC(=O)CNc2ccccc2)ccc1OC(=O)c1cccs1. The summed E-state index contributed by atoms with van der Waals surface area (Å²) in [7, 11) is 1.48.